The molecule has 5 heteroatoms. The lowest BCUT2D eigenvalue weighted by Crippen LogP contribution is -2.39. The van der Waals surface area contributed by atoms with Crippen molar-refractivity contribution in [3.8, 4) is 11.5 Å². The molecule has 0 aromatic heterocycles. The predicted octanol–water partition coefficient (Wildman–Crippen LogP) is 1.87. The van der Waals surface area contributed by atoms with Crippen molar-refractivity contribution < 1.29 is 24.1 Å². The zero-order chi connectivity index (χ0) is 15.4. The van der Waals surface area contributed by atoms with Crippen LogP contribution in [-0.4, -0.2) is 36.0 Å². The molecule has 0 saturated carbocycles. The van der Waals surface area contributed by atoms with Crippen LogP contribution in [0.4, 0.5) is 0 Å². The molecule has 0 amide bonds. The van der Waals surface area contributed by atoms with Gasteiger partial charge in [0.2, 0.25) is 0 Å². The summed E-state index contributed by atoms with van der Waals surface area (Å²) in [4.78, 5) is 12.2. The van der Waals surface area contributed by atoms with Gasteiger partial charge in [0.25, 0.3) is 0 Å². The summed E-state index contributed by atoms with van der Waals surface area (Å²) in [5.74, 6) is 0.852. The van der Waals surface area contributed by atoms with Gasteiger partial charge in [-0.3, -0.25) is 0 Å². The summed E-state index contributed by atoms with van der Waals surface area (Å²) < 4.78 is 16.6. The number of hydrogen-bond donors (Lipinski definition) is 1. The number of aliphatic hydroxyl groups is 1. The molecule has 5 nitrogen and oxygen atoms in total. The Morgan fingerprint density at radius 1 is 1.33 bits per heavy atom. The molecule has 0 radical (unpaired) electrons. The van der Waals surface area contributed by atoms with Gasteiger partial charge in [0.05, 0.1) is 12.7 Å². The van der Waals surface area contributed by atoms with Crippen molar-refractivity contribution >= 4 is 5.97 Å². The van der Waals surface area contributed by atoms with Crippen LogP contribution in [0.1, 0.15) is 42.3 Å². The van der Waals surface area contributed by atoms with E-state index < -0.39 is 11.7 Å². The van der Waals surface area contributed by atoms with E-state index in [4.69, 9.17) is 14.2 Å². The standard InChI is InChI=1S/C16H20O5/c1-8-5-9-6-11(19-4)10-7-12(16(2,3)18)21-14(10)13(9)15(17)20-8/h6,8,12,18H,5,7H2,1-4H3. The summed E-state index contributed by atoms with van der Waals surface area (Å²) >= 11 is 0. The number of esters is 1. The fourth-order valence-electron chi connectivity index (χ4n) is 2.97. The van der Waals surface area contributed by atoms with Crippen molar-refractivity contribution in [1.29, 1.82) is 0 Å². The normalized spacial score (nSPS) is 24.0. The lowest BCUT2D eigenvalue weighted by molar-refractivity contribution is -0.0238. The van der Waals surface area contributed by atoms with Gasteiger partial charge in [-0.15, -0.1) is 0 Å². The van der Waals surface area contributed by atoms with Gasteiger partial charge in [0.15, 0.2) is 0 Å². The molecule has 0 saturated heterocycles. The molecule has 0 fully saturated rings. The molecule has 2 aliphatic rings. The fourth-order valence-corrected chi connectivity index (χ4v) is 2.97. The van der Waals surface area contributed by atoms with Crippen LogP contribution in [0.5, 0.6) is 11.5 Å². The van der Waals surface area contributed by atoms with E-state index in [-0.39, 0.29) is 12.1 Å². The Balaban J connectivity index is 2.13. The first kappa shape index (κ1) is 14.2. The quantitative estimate of drug-likeness (QED) is 0.843. The average Bonchev–Trinajstić information content (AvgIpc) is 2.81. The molecule has 2 heterocycles. The Bertz CT molecular complexity index is 600. The van der Waals surface area contributed by atoms with Crippen LogP contribution in [0.25, 0.3) is 0 Å². The molecule has 114 valence electrons. The summed E-state index contributed by atoms with van der Waals surface area (Å²) in [6.07, 6.45) is 0.596. The number of cyclic esters (lactones) is 1. The fraction of sp³-hybridized carbons (Fsp3) is 0.562. The zero-order valence-electron chi connectivity index (χ0n) is 12.7. The maximum atomic E-state index is 12.2. The van der Waals surface area contributed by atoms with Crippen LogP contribution >= 0.6 is 0 Å². The third kappa shape index (κ3) is 2.25. The number of hydrogen-bond acceptors (Lipinski definition) is 5. The number of rotatable bonds is 2. The van der Waals surface area contributed by atoms with Crippen LogP contribution in [0, 0.1) is 0 Å². The highest BCUT2D eigenvalue weighted by Gasteiger charge is 2.41. The van der Waals surface area contributed by atoms with E-state index in [0.29, 0.717) is 29.9 Å². The average molecular weight is 292 g/mol. The van der Waals surface area contributed by atoms with Crippen LogP contribution in [0.3, 0.4) is 0 Å². The van der Waals surface area contributed by atoms with Crippen LogP contribution in [0.15, 0.2) is 6.07 Å². The Labute approximate surface area is 123 Å². The smallest absolute Gasteiger partial charge is 0.342 e. The largest absolute Gasteiger partial charge is 0.496 e. The second-order valence-electron chi connectivity index (χ2n) is 6.30. The number of ether oxygens (including phenoxy) is 3. The predicted molar refractivity (Wildman–Crippen MR) is 76.0 cm³/mol. The van der Waals surface area contributed by atoms with Crippen LogP contribution in [-0.2, 0) is 17.6 Å². The Morgan fingerprint density at radius 2 is 2.05 bits per heavy atom. The van der Waals surface area contributed by atoms with Crippen LogP contribution < -0.4 is 9.47 Å². The van der Waals surface area contributed by atoms with E-state index in [0.717, 1.165) is 11.1 Å². The molecule has 1 N–H and O–H groups in total. The lowest BCUT2D eigenvalue weighted by atomic mass is 9.92. The van der Waals surface area contributed by atoms with Crippen molar-refractivity contribution in [3.05, 3.63) is 22.8 Å². The highest BCUT2D eigenvalue weighted by atomic mass is 16.5. The summed E-state index contributed by atoms with van der Waals surface area (Å²) in [5.41, 5.74) is 1.19. The van der Waals surface area contributed by atoms with E-state index in [1.807, 2.05) is 13.0 Å². The Kier molecular flexibility index (Phi) is 3.13. The third-order valence-corrected chi connectivity index (χ3v) is 4.10. The molecule has 0 bridgehead atoms. The molecule has 2 aliphatic heterocycles. The Hall–Kier alpha value is -1.75. The zero-order valence-corrected chi connectivity index (χ0v) is 12.7. The first-order valence-corrected chi connectivity index (χ1v) is 7.14. The molecule has 2 unspecified atom stereocenters. The van der Waals surface area contributed by atoms with Gasteiger partial charge in [0, 0.05) is 18.4 Å². The van der Waals surface area contributed by atoms with E-state index in [9.17, 15) is 9.90 Å². The first-order chi connectivity index (χ1) is 9.81. The Morgan fingerprint density at radius 3 is 2.67 bits per heavy atom. The molecular formula is C16H20O5. The summed E-state index contributed by atoms with van der Waals surface area (Å²) in [6, 6.07) is 1.89. The molecule has 1 aromatic rings. The highest BCUT2D eigenvalue weighted by molar-refractivity contribution is 5.96. The lowest BCUT2D eigenvalue weighted by Gasteiger charge is -2.26. The van der Waals surface area contributed by atoms with Gasteiger partial charge < -0.3 is 19.3 Å². The van der Waals surface area contributed by atoms with E-state index in [1.54, 1.807) is 21.0 Å². The number of fused-ring (bicyclic) bond motifs is 3. The van der Waals surface area contributed by atoms with Gasteiger partial charge in [-0.05, 0) is 32.4 Å². The molecule has 0 aliphatic carbocycles. The van der Waals surface area contributed by atoms with Crippen molar-refractivity contribution in [2.45, 2.75) is 51.4 Å². The SMILES string of the molecule is COc1cc2c(c3c1CC(C(C)(C)O)O3)C(=O)OC(C)C2. The highest BCUT2D eigenvalue weighted by Crippen LogP contribution is 2.44. The molecule has 2 atom stereocenters. The molecular weight excluding hydrogens is 272 g/mol. The van der Waals surface area contributed by atoms with E-state index in [1.165, 1.54) is 0 Å². The second kappa shape index (κ2) is 4.63. The van der Waals surface area contributed by atoms with Gasteiger partial charge in [-0.2, -0.15) is 0 Å². The minimum Gasteiger partial charge on any atom is -0.496 e. The first-order valence-electron chi connectivity index (χ1n) is 7.14. The van der Waals surface area contributed by atoms with Gasteiger partial charge in [-0.1, -0.05) is 0 Å². The minimum atomic E-state index is -0.997. The summed E-state index contributed by atoms with van der Waals surface area (Å²) in [6.45, 7) is 5.26. The van der Waals surface area contributed by atoms with Crippen molar-refractivity contribution in [2.75, 3.05) is 7.11 Å². The summed E-state index contributed by atoms with van der Waals surface area (Å²) in [5, 5.41) is 10.2. The second-order valence-corrected chi connectivity index (χ2v) is 6.30. The number of carbonyl (C=O) groups is 1. The van der Waals surface area contributed by atoms with Crippen molar-refractivity contribution in [1.82, 2.24) is 0 Å². The topological polar surface area (TPSA) is 65.0 Å². The van der Waals surface area contributed by atoms with Gasteiger partial charge in [0.1, 0.15) is 29.3 Å². The number of benzene rings is 1. The minimum absolute atomic E-state index is 0.153. The number of methoxy groups -OCH3 is 1. The molecule has 3 rings (SSSR count). The monoisotopic (exact) mass is 292 g/mol. The maximum absolute atomic E-state index is 12.2. The van der Waals surface area contributed by atoms with E-state index >= 15 is 0 Å². The van der Waals surface area contributed by atoms with Gasteiger partial charge in [-0.25, -0.2) is 4.79 Å². The third-order valence-electron chi connectivity index (χ3n) is 4.10. The molecule has 1 aromatic carbocycles. The molecule has 0 spiro atoms. The maximum Gasteiger partial charge on any atom is 0.342 e. The van der Waals surface area contributed by atoms with Crippen LogP contribution in [0.2, 0.25) is 0 Å². The number of carbonyl (C=O) groups excluding carboxylic acids is 1. The van der Waals surface area contributed by atoms with Crippen molar-refractivity contribution in [3.63, 3.8) is 0 Å². The van der Waals surface area contributed by atoms with Gasteiger partial charge >= 0.3 is 5.97 Å². The molecule has 21 heavy (non-hydrogen) atoms. The van der Waals surface area contributed by atoms with E-state index in [2.05, 4.69) is 0 Å². The van der Waals surface area contributed by atoms with Crippen molar-refractivity contribution in [2.24, 2.45) is 0 Å². The summed E-state index contributed by atoms with van der Waals surface area (Å²) in [7, 11) is 1.60.